The van der Waals surface area contributed by atoms with Crippen molar-refractivity contribution in [2.75, 3.05) is 32.7 Å². The summed E-state index contributed by atoms with van der Waals surface area (Å²) < 4.78 is 13.1. The average Bonchev–Trinajstić information content (AvgIpc) is 2.54. The molecule has 0 radical (unpaired) electrons. The molecule has 1 saturated heterocycles. The molecule has 0 unspecified atom stereocenters. The number of aliphatic carboxylic acids is 1. The molecule has 0 atom stereocenters. The second-order valence-corrected chi connectivity index (χ2v) is 6.14. The summed E-state index contributed by atoms with van der Waals surface area (Å²) in [6, 6.07) is 4.21. The molecule has 1 heterocycles. The van der Waals surface area contributed by atoms with Gasteiger partial charge in [0.1, 0.15) is 5.82 Å². The van der Waals surface area contributed by atoms with E-state index in [1.165, 1.54) is 12.1 Å². The molecule has 132 valence electrons. The van der Waals surface area contributed by atoms with Gasteiger partial charge in [-0.3, -0.25) is 9.69 Å². The highest BCUT2D eigenvalue weighted by molar-refractivity contribution is 6.31. The van der Waals surface area contributed by atoms with Gasteiger partial charge in [-0.25, -0.2) is 9.18 Å². The normalized spacial score (nSPS) is 15.3. The van der Waals surface area contributed by atoms with Gasteiger partial charge in [0.15, 0.2) is 0 Å². The second kappa shape index (κ2) is 8.84. The molecule has 6 nitrogen and oxygen atoms in total. The molecule has 0 bridgehead atoms. The van der Waals surface area contributed by atoms with Crippen LogP contribution in [0.3, 0.4) is 0 Å². The predicted octanol–water partition coefficient (Wildman–Crippen LogP) is 2.17. The van der Waals surface area contributed by atoms with Gasteiger partial charge in [0.25, 0.3) is 0 Å². The molecular weight excluding hydrogens is 337 g/mol. The third-order valence-electron chi connectivity index (χ3n) is 3.91. The van der Waals surface area contributed by atoms with Gasteiger partial charge < -0.3 is 15.3 Å². The van der Waals surface area contributed by atoms with Crippen molar-refractivity contribution in [3.63, 3.8) is 0 Å². The number of hydrogen-bond acceptors (Lipinski definition) is 3. The van der Waals surface area contributed by atoms with E-state index < -0.39 is 5.97 Å². The van der Waals surface area contributed by atoms with Gasteiger partial charge in [-0.15, -0.1) is 0 Å². The Bertz CT molecular complexity index is 592. The lowest BCUT2D eigenvalue weighted by molar-refractivity contribution is -0.137. The van der Waals surface area contributed by atoms with E-state index in [9.17, 15) is 14.0 Å². The van der Waals surface area contributed by atoms with Crippen LogP contribution in [0, 0.1) is 5.82 Å². The summed E-state index contributed by atoms with van der Waals surface area (Å²) in [4.78, 5) is 26.3. The Morgan fingerprint density at radius 2 is 1.96 bits per heavy atom. The van der Waals surface area contributed by atoms with Crippen molar-refractivity contribution in [3.05, 3.63) is 34.6 Å². The lowest BCUT2D eigenvalue weighted by Gasteiger charge is -2.34. The van der Waals surface area contributed by atoms with E-state index in [1.807, 2.05) is 0 Å². The first-order chi connectivity index (χ1) is 11.5. The van der Waals surface area contributed by atoms with E-state index in [4.69, 9.17) is 16.7 Å². The number of hydrogen-bond donors (Lipinski definition) is 2. The fourth-order valence-corrected chi connectivity index (χ4v) is 2.77. The molecule has 24 heavy (non-hydrogen) atoms. The lowest BCUT2D eigenvalue weighted by Crippen LogP contribution is -2.51. The largest absolute Gasteiger partial charge is 0.481 e. The number of carboxylic acid groups (broad SMARTS) is 1. The van der Waals surface area contributed by atoms with Gasteiger partial charge in [-0.2, -0.15) is 0 Å². The smallest absolute Gasteiger partial charge is 0.317 e. The van der Waals surface area contributed by atoms with E-state index in [0.29, 0.717) is 50.7 Å². The number of nitrogens with one attached hydrogen (secondary N) is 1. The van der Waals surface area contributed by atoms with Crippen LogP contribution in [0.5, 0.6) is 0 Å². The third-order valence-corrected chi connectivity index (χ3v) is 4.26. The topological polar surface area (TPSA) is 72.9 Å². The van der Waals surface area contributed by atoms with Crippen molar-refractivity contribution in [3.8, 4) is 0 Å². The van der Waals surface area contributed by atoms with Crippen LogP contribution in [0.4, 0.5) is 9.18 Å². The van der Waals surface area contributed by atoms with Crippen LogP contribution in [-0.4, -0.2) is 59.6 Å². The zero-order chi connectivity index (χ0) is 17.5. The minimum absolute atomic E-state index is 0.0481. The fourth-order valence-electron chi connectivity index (χ4n) is 2.55. The summed E-state index contributed by atoms with van der Waals surface area (Å²) in [6.07, 6.45) is 0.469. The Morgan fingerprint density at radius 3 is 2.58 bits per heavy atom. The predicted molar refractivity (Wildman–Crippen MR) is 88.5 cm³/mol. The Balaban J connectivity index is 1.72. The first-order valence-electron chi connectivity index (χ1n) is 7.86. The zero-order valence-electron chi connectivity index (χ0n) is 13.3. The van der Waals surface area contributed by atoms with Crippen molar-refractivity contribution in [1.82, 2.24) is 15.1 Å². The quantitative estimate of drug-likeness (QED) is 0.765. The lowest BCUT2D eigenvalue weighted by atomic mass is 10.2. The van der Waals surface area contributed by atoms with Crippen LogP contribution in [0.15, 0.2) is 18.2 Å². The van der Waals surface area contributed by atoms with Crippen LogP contribution >= 0.6 is 11.6 Å². The number of amides is 2. The Labute approximate surface area is 145 Å². The minimum atomic E-state index is -0.864. The van der Waals surface area contributed by atoms with Gasteiger partial charge in [0.2, 0.25) is 0 Å². The van der Waals surface area contributed by atoms with Crippen LogP contribution in [0.25, 0.3) is 0 Å². The number of piperazine rings is 1. The summed E-state index contributed by atoms with van der Waals surface area (Å²) in [7, 11) is 0. The molecule has 1 aliphatic heterocycles. The molecule has 0 saturated carbocycles. The summed E-state index contributed by atoms with van der Waals surface area (Å²) in [5.74, 6) is -1.22. The fraction of sp³-hybridized carbons (Fsp3) is 0.500. The van der Waals surface area contributed by atoms with E-state index in [-0.39, 0.29) is 18.3 Å². The van der Waals surface area contributed by atoms with E-state index in [2.05, 4.69) is 10.2 Å². The minimum Gasteiger partial charge on any atom is -0.481 e. The number of urea groups is 1. The third kappa shape index (κ3) is 5.65. The van der Waals surface area contributed by atoms with E-state index >= 15 is 0 Å². The standard InChI is InChI=1S/C16H21ClFN3O3/c17-14-10-13(18)4-3-12(14)11-20-6-8-21(9-7-20)16(24)19-5-1-2-15(22)23/h3-4,10H,1-2,5-9,11H2,(H,19,24)(H,22,23). The van der Waals surface area contributed by atoms with Gasteiger partial charge >= 0.3 is 12.0 Å². The number of benzene rings is 1. The van der Waals surface area contributed by atoms with Crippen molar-refractivity contribution in [1.29, 1.82) is 0 Å². The number of halogens is 2. The second-order valence-electron chi connectivity index (χ2n) is 5.73. The summed E-state index contributed by atoms with van der Waals surface area (Å²) in [5.41, 5.74) is 0.865. The van der Waals surface area contributed by atoms with Gasteiger partial charge in [-0.05, 0) is 24.1 Å². The summed E-state index contributed by atoms with van der Waals surface area (Å²) in [6.45, 7) is 3.56. The molecule has 2 rings (SSSR count). The maximum Gasteiger partial charge on any atom is 0.317 e. The number of carbonyl (C=O) groups is 2. The zero-order valence-corrected chi connectivity index (χ0v) is 14.1. The SMILES string of the molecule is O=C(O)CCCNC(=O)N1CCN(Cc2ccc(F)cc2Cl)CC1. The van der Waals surface area contributed by atoms with E-state index in [1.54, 1.807) is 11.0 Å². The molecule has 0 aromatic heterocycles. The van der Waals surface area contributed by atoms with Gasteiger partial charge in [0, 0.05) is 50.7 Å². The van der Waals surface area contributed by atoms with Crippen LogP contribution in [-0.2, 0) is 11.3 Å². The summed E-state index contributed by atoms with van der Waals surface area (Å²) in [5, 5.41) is 11.7. The van der Waals surface area contributed by atoms with Gasteiger partial charge in [-0.1, -0.05) is 17.7 Å². The van der Waals surface area contributed by atoms with Crippen molar-refractivity contribution < 1.29 is 19.1 Å². The first-order valence-corrected chi connectivity index (χ1v) is 8.24. The number of nitrogens with zero attached hydrogens (tertiary/aromatic N) is 2. The van der Waals surface area contributed by atoms with Gasteiger partial charge in [0.05, 0.1) is 0 Å². The van der Waals surface area contributed by atoms with Crippen molar-refractivity contribution >= 4 is 23.6 Å². The van der Waals surface area contributed by atoms with Crippen molar-refractivity contribution in [2.45, 2.75) is 19.4 Å². The number of rotatable bonds is 6. The molecular formula is C16H21ClFN3O3. The van der Waals surface area contributed by atoms with E-state index in [0.717, 1.165) is 5.56 Å². The molecule has 1 aromatic rings. The maximum atomic E-state index is 13.1. The number of carboxylic acids is 1. The average molecular weight is 358 g/mol. The van der Waals surface area contributed by atoms with Crippen molar-refractivity contribution in [2.24, 2.45) is 0 Å². The Hall–Kier alpha value is -1.86. The molecule has 2 amide bonds. The Kier molecular flexibility index (Phi) is 6.81. The molecule has 1 aromatic carbocycles. The molecule has 1 aliphatic rings. The highest BCUT2D eigenvalue weighted by atomic mass is 35.5. The monoisotopic (exact) mass is 357 g/mol. The number of carbonyl (C=O) groups excluding carboxylic acids is 1. The molecule has 8 heteroatoms. The first kappa shape index (κ1) is 18.5. The highest BCUT2D eigenvalue weighted by Crippen LogP contribution is 2.19. The molecule has 2 N–H and O–H groups in total. The van der Waals surface area contributed by atoms with Crippen LogP contribution < -0.4 is 5.32 Å². The maximum absolute atomic E-state index is 13.1. The molecule has 0 aliphatic carbocycles. The summed E-state index contributed by atoms with van der Waals surface area (Å²) >= 11 is 6.04. The van der Waals surface area contributed by atoms with Crippen LogP contribution in [0.1, 0.15) is 18.4 Å². The Morgan fingerprint density at radius 1 is 1.25 bits per heavy atom. The van der Waals surface area contributed by atoms with Crippen LogP contribution in [0.2, 0.25) is 5.02 Å². The molecule has 1 fully saturated rings. The molecule has 0 spiro atoms. The highest BCUT2D eigenvalue weighted by Gasteiger charge is 2.21.